The van der Waals surface area contributed by atoms with Gasteiger partial charge in [0.15, 0.2) is 0 Å². The fraction of sp³-hybridized carbons (Fsp3) is 0.364. The van der Waals surface area contributed by atoms with E-state index in [9.17, 15) is 4.79 Å². The number of amides is 1. The summed E-state index contributed by atoms with van der Waals surface area (Å²) in [5, 5.41) is 4.28. The van der Waals surface area contributed by atoms with Crippen LogP contribution in [0.4, 0.5) is 0 Å². The molecule has 0 saturated heterocycles. The maximum atomic E-state index is 12.0. The van der Waals surface area contributed by atoms with E-state index in [-0.39, 0.29) is 11.3 Å². The Hall–Kier alpha value is -2.07. The van der Waals surface area contributed by atoms with Gasteiger partial charge in [-0.15, -0.1) is 11.8 Å². The standard InChI is InChI=1S/C22H28N2OS/c1-17-10-12-20(13-11-17)26-15-14-21(25)24-23-18(2)16-22(3,4)19-8-6-5-7-9-19/h5-13H,14-16H2,1-4H3,(H,24,25)/b23-18-. The van der Waals surface area contributed by atoms with Crippen molar-refractivity contribution < 1.29 is 4.79 Å². The van der Waals surface area contributed by atoms with Crippen LogP contribution in [0.15, 0.2) is 64.6 Å². The van der Waals surface area contributed by atoms with Crippen LogP contribution < -0.4 is 5.43 Å². The summed E-state index contributed by atoms with van der Waals surface area (Å²) in [7, 11) is 0. The molecule has 2 rings (SSSR count). The zero-order chi connectivity index (χ0) is 19.0. The normalized spacial score (nSPS) is 12.1. The number of aryl methyl sites for hydroxylation is 1. The number of hydrazone groups is 1. The number of rotatable bonds is 8. The van der Waals surface area contributed by atoms with E-state index in [1.807, 2.05) is 13.0 Å². The summed E-state index contributed by atoms with van der Waals surface area (Å²) in [6.45, 7) is 8.43. The van der Waals surface area contributed by atoms with Crippen molar-refractivity contribution in [3.63, 3.8) is 0 Å². The Bertz CT molecular complexity index is 736. The summed E-state index contributed by atoms with van der Waals surface area (Å²) in [6, 6.07) is 18.7. The van der Waals surface area contributed by atoms with Crippen molar-refractivity contribution in [2.75, 3.05) is 5.75 Å². The van der Waals surface area contributed by atoms with Crippen LogP contribution in [0.5, 0.6) is 0 Å². The third kappa shape index (κ3) is 6.68. The van der Waals surface area contributed by atoms with Crippen LogP contribution in [0, 0.1) is 6.92 Å². The van der Waals surface area contributed by atoms with Crippen molar-refractivity contribution in [2.24, 2.45) is 5.10 Å². The van der Waals surface area contributed by atoms with Gasteiger partial charge in [0.05, 0.1) is 0 Å². The van der Waals surface area contributed by atoms with E-state index in [0.717, 1.165) is 17.9 Å². The van der Waals surface area contributed by atoms with E-state index in [1.165, 1.54) is 16.0 Å². The highest BCUT2D eigenvalue weighted by Crippen LogP contribution is 2.27. The maximum Gasteiger partial charge on any atom is 0.240 e. The van der Waals surface area contributed by atoms with Gasteiger partial charge in [-0.05, 0) is 43.4 Å². The molecule has 2 aromatic rings. The fourth-order valence-electron chi connectivity index (χ4n) is 2.78. The van der Waals surface area contributed by atoms with Crippen molar-refractivity contribution >= 4 is 23.4 Å². The largest absolute Gasteiger partial charge is 0.273 e. The fourth-order valence-corrected chi connectivity index (χ4v) is 3.63. The van der Waals surface area contributed by atoms with Gasteiger partial charge in [0.1, 0.15) is 0 Å². The molecule has 0 aromatic heterocycles. The molecule has 0 atom stereocenters. The summed E-state index contributed by atoms with van der Waals surface area (Å²) in [4.78, 5) is 13.2. The highest BCUT2D eigenvalue weighted by atomic mass is 32.2. The third-order valence-corrected chi connectivity index (χ3v) is 5.26. The minimum absolute atomic E-state index is 0.0130. The van der Waals surface area contributed by atoms with E-state index in [2.05, 4.69) is 79.8 Å². The number of hydrogen-bond donors (Lipinski definition) is 1. The summed E-state index contributed by atoms with van der Waals surface area (Å²) < 4.78 is 0. The number of carbonyl (C=O) groups is 1. The summed E-state index contributed by atoms with van der Waals surface area (Å²) in [5.74, 6) is 0.709. The molecule has 0 aliphatic carbocycles. The van der Waals surface area contributed by atoms with E-state index in [0.29, 0.717) is 6.42 Å². The van der Waals surface area contributed by atoms with Crippen molar-refractivity contribution in [3.8, 4) is 0 Å². The molecule has 0 bridgehead atoms. The van der Waals surface area contributed by atoms with Crippen LogP contribution in [0.1, 0.15) is 44.7 Å². The van der Waals surface area contributed by atoms with Gasteiger partial charge in [-0.25, -0.2) is 5.43 Å². The molecule has 0 heterocycles. The van der Waals surface area contributed by atoms with E-state index in [4.69, 9.17) is 0 Å². The van der Waals surface area contributed by atoms with E-state index < -0.39 is 0 Å². The highest BCUT2D eigenvalue weighted by Gasteiger charge is 2.21. The van der Waals surface area contributed by atoms with Gasteiger partial charge >= 0.3 is 0 Å². The molecular formula is C22H28N2OS. The molecule has 4 heteroatoms. The van der Waals surface area contributed by atoms with Gasteiger partial charge in [-0.1, -0.05) is 61.9 Å². The van der Waals surface area contributed by atoms with E-state index >= 15 is 0 Å². The molecule has 26 heavy (non-hydrogen) atoms. The minimum atomic E-state index is -0.0403. The molecule has 1 N–H and O–H groups in total. The van der Waals surface area contributed by atoms with Gasteiger partial charge in [-0.3, -0.25) is 4.79 Å². The average Bonchev–Trinajstić information content (AvgIpc) is 2.62. The molecule has 0 saturated carbocycles. The van der Waals surface area contributed by atoms with Gasteiger partial charge in [0.25, 0.3) is 0 Å². The Balaban J connectivity index is 1.77. The molecule has 138 valence electrons. The highest BCUT2D eigenvalue weighted by molar-refractivity contribution is 7.99. The molecule has 0 fully saturated rings. The van der Waals surface area contributed by atoms with Crippen molar-refractivity contribution in [1.29, 1.82) is 0 Å². The van der Waals surface area contributed by atoms with Crippen molar-refractivity contribution in [1.82, 2.24) is 5.43 Å². The van der Waals surface area contributed by atoms with Gasteiger partial charge in [-0.2, -0.15) is 5.10 Å². The molecule has 0 aliphatic rings. The lowest BCUT2D eigenvalue weighted by Crippen LogP contribution is -2.24. The summed E-state index contributed by atoms with van der Waals surface area (Å²) in [5.41, 5.74) is 6.12. The van der Waals surface area contributed by atoms with Crippen LogP contribution in [0.25, 0.3) is 0 Å². The number of thioether (sulfide) groups is 1. The second kappa shape index (κ2) is 9.58. The number of carbonyl (C=O) groups excluding carboxylic acids is 1. The van der Waals surface area contributed by atoms with Gasteiger partial charge in [0, 0.05) is 22.8 Å². The predicted octanol–water partition coefficient (Wildman–Crippen LogP) is 5.34. The Morgan fingerprint density at radius 3 is 2.38 bits per heavy atom. The smallest absolute Gasteiger partial charge is 0.240 e. The molecule has 0 spiro atoms. The summed E-state index contributed by atoms with van der Waals surface area (Å²) in [6.07, 6.45) is 1.26. The predicted molar refractivity (Wildman–Crippen MR) is 112 cm³/mol. The zero-order valence-electron chi connectivity index (χ0n) is 16.1. The Kier molecular flexibility index (Phi) is 7.46. The van der Waals surface area contributed by atoms with Crippen LogP contribution in [0.2, 0.25) is 0 Å². The first-order valence-corrected chi connectivity index (χ1v) is 9.92. The number of nitrogens with one attached hydrogen (secondary N) is 1. The number of hydrogen-bond acceptors (Lipinski definition) is 3. The topological polar surface area (TPSA) is 41.5 Å². The first-order valence-electron chi connectivity index (χ1n) is 8.94. The quantitative estimate of drug-likeness (QED) is 0.388. The second-order valence-corrected chi connectivity index (χ2v) is 8.39. The number of nitrogens with zero attached hydrogens (tertiary/aromatic N) is 1. The minimum Gasteiger partial charge on any atom is -0.273 e. The summed E-state index contributed by atoms with van der Waals surface area (Å²) >= 11 is 1.69. The second-order valence-electron chi connectivity index (χ2n) is 7.22. The molecule has 2 aromatic carbocycles. The SMILES string of the molecule is C/C(CC(C)(C)c1ccccc1)=N/NC(=O)CCSc1ccc(C)cc1. The third-order valence-electron chi connectivity index (χ3n) is 4.24. The van der Waals surface area contributed by atoms with Crippen molar-refractivity contribution in [2.45, 2.75) is 50.8 Å². The lowest BCUT2D eigenvalue weighted by Gasteiger charge is -2.25. The monoisotopic (exact) mass is 368 g/mol. The van der Waals surface area contributed by atoms with Crippen LogP contribution in [-0.4, -0.2) is 17.4 Å². The van der Waals surface area contributed by atoms with Crippen LogP contribution >= 0.6 is 11.8 Å². The molecule has 0 aliphatic heterocycles. The van der Waals surface area contributed by atoms with Crippen LogP contribution in [-0.2, 0) is 10.2 Å². The van der Waals surface area contributed by atoms with Gasteiger partial charge < -0.3 is 0 Å². The first-order chi connectivity index (χ1) is 12.4. The number of benzene rings is 2. The molecule has 0 unspecified atom stereocenters. The van der Waals surface area contributed by atoms with Gasteiger partial charge in [0.2, 0.25) is 5.91 Å². The lowest BCUT2D eigenvalue weighted by atomic mass is 9.80. The van der Waals surface area contributed by atoms with Crippen LogP contribution in [0.3, 0.4) is 0 Å². The molecule has 3 nitrogen and oxygen atoms in total. The average molecular weight is 369 g/mol. The van der Waals surface area contributed by atoms with Crippen molar-refractivity contribution in [3.05, 3.63) is 65.7 Å². The van der Waals surface area contributed by atoms with E-state index in [1.54, 1.807) is 11.8 Å². The lowest BCUT2D eigenvalue weighted by molar-refractivity contribution is -0.120. The molecule has 0 radical (unpaired) electrons. The Morgan fingerprint density at radius 2 is 1.73 bits per heavy atom. The Labute approximate surface area is 161 Å². The maximum absolute atomic E-state index is 12.0. The first kappa shape index (κ1) is 20.2. The Morgan fingerprint density at radius 1 is 1.08 bits per heavy atom. The molecule has 1 amide bonds. The zero-order valence-corrected chi connectivity index (χ0v) is 16.9. The molecular weight excluding hydrogens is 340 g/mol.